The number of pyridine rings is 1. The molecule has 0 aliphatic carbocycles. The van der Waals surface area contributed by atoms with Gasteiger partial charge in [-0.25, -0.2) is 4.98 Å². The number of aromatic nitrogens is 1. The molecule has 0 fully saturated rings. The molecule has 1 heterocycles. The zero-order valence-corrected chi connectivity index (χ0v) is 10.7. The van der Waals surface area contributed by atoms with Gasteiger partial charge in [-0.05, 0) is 19.4 Å². The molecule has 1 aromatic heterocycles. The summed E-state index contributed by atoms with van der Waals surface area (Å²) < 4.78 is 16.0. The summed E-state index contributed by atoms with van der Waals surface area (Å²) in [6.45, 7) is 2.07. The normalized spacial score (nSPS) is 14.2. The van der Waals surface area contributed by atoms with Crippen molar-refractivity contribution < 1.29 is 8.95 Å². The lowest BCUT2D eigenvalue weighted by Gasteiger charge is -2.14. The minimum atomic E-state index is -0.727. The fourth-order valence-corrected chi connectivity index (χ4v) is 2.00. The maximum absolute atomic E-state index is 11.0. The number of methoxy groups -OCH3 is 1. The maximum atomic E-state index is 11.0. The van der Waals surface area contributed by atoms with Crippen LogP contribution in [0.4, 0.5) is 5.69 Å². The van der Waals surface area contributed by atoms with E-state index in [-0.39, 0.29) is 6.04 Å². The molecule has 0 aromatic carbocycles. The van der Waals surface area contributed by atoms with E-state index in [4.69, 9.17) is 4.74 Å². The molecule has 1 rings (SSSR count). The summed E-state index contributed by atoms with van der Waals surface area (Å²) in [6, 6.07) is 4.03. The van der Waals surface area contributed by atoms with E-state index < -0.39 is 10.8 Å². The van der Waals surface area contributed by atoms with E-state index in [1.165, 1.54) is 0 Å². The molecule has 90 valence electrons. The predicted octanol–water partition coefficient (Wildman–Crippen LogP) is 1.66. The minimum absolute atomic E-state index is 0.288. The van der Waals surface area contributed by atoms with Gasteiger partial charge in [-0.1, -0.05) is 0 Å². The summed E-state index contributed by atoms with van der Waals surface area (Å²) in [5, 5.41) is 3.32. The Balaban J connectivity index is 2.48. The van der Waals surface area contributed by atoms with Crippen LogP contribution in [0.3, 0.4) is 0 Å². The molecule has 0 bridgehead atoms. The van der Waals surface area contributed by atoms with E-state index in [0.29, 0.717) is 5.88 Å². The topological polar surface area (TPSA) is 51.2 Å². The largest absolute Gasteiger partial charge is 0.481 e. The van der Waals surface area contributed by atoms with E-state index in [1.54, 1.807) is 19.6 Å². The van der Waals surface area contributed by atoms with Crippen molar-refractivity contribution in [1.82, 2.24) is 4.98 Å². The van der Waals surface area contributed by atoms with Crippen LogP contribution in [0.1, 0.15) is 13.3 Å². The van der Waals surface area contributed by atoms with Crippen molar-refractivity contribution in [2.45, 2.75) is 19.4 Å². The highest BCUT2D eigenvalue weighted by molar-refractivity contribution is 7.84. The first-order chi connectivity index (χ1) is 7.61. The number of nitrogens with one attached hydrogen (secondary N) is 1. The maximum Gasteiger partial charge on any atom is 0.214 e. The summed E-state index contributed by atoms with van der Waals surface area (Å²) in [4.78, 5) is 4.03. The van der Waals surface area contributed by atoms with E-state index in [0.717, 1.165) is 17.9 Å². The average molecular weight is 242 g/mol. The van der Waals surface area contributed by atoms with Crippen LogP contribution in [0.5, 0.6) is 5.88 Å². The molecule has 0 amide bonds. The Morgan fingerprint density at radius 2 is 2.38 bits per heavy atom. The van der Waals surface area contributed by atoms with Gasteiger partial charge in [0.1, 0.15) is 0 Å². The van der Waals surface area contributed by atoms with Crippen LogP contribution in [-0.2, 0) is 10.8 Å². The highest BCUT2D eigenvalue weighted by Crippen LogP contribution is 2.15. The summed E-state index contributed by atoms with van der Waals surface area (Å²) in [5.74, 6) is 1.31. The van der Waals surface area contributed by atoms with Crippen molar-refractivity contribution >= 4 is 16.5 Å². The lowest BCUT2D eigenvalue weighted by Crippen LogP contribution is -2.17. The molecule has 2 atom stereocenters. The quantitative estimate of drug-likeness (QED) is 0.824. The fourth-order valence-electron chi connectivity index (χ4n) is 1.31. The number of nitrogens with zero attached hydrogens (tertiary/aromatic N) is 1. The molecular weight excluding hydrogens is 224 g/mol. The molecular formula is C11H18N2O2S. The molecule has 0 saturated carbocycles. The third-order valence-corrected chi connectivity index (χ3v) is 3.01. The van der Waals surface area contributed by atoms with Crippen LogP contribution in [0, 0.1) is 0 Å². The van der Waals surface area contributed by atoms with E-state index >= 15 is 0 Å². The van der Waals surface area contributed by atoms with Gasteiger partial charge in [-0.3, -0.25) is 4.21 Å². The Kier molecular flexibility index (Phi) is 5.25. The summed E-state index contributed by atoms with van der Waals surface area (Å²) >= 11 is 0. The Hall–Kier alpha value is -1.10. The molecule has 0 aliphatic heterocycles. The van der Waals surface area contributed by atoms with Gasteiger partial charge >= 0.3 is 0 Å². The van der Waals surface area contributed by atoms with Gasteiger partial charge in [0.05, 0.1) is 7.11 Å². The van der Waals surface area contributed by atoms with Crippen molar-refractivity contribution in [1.29, 1.82) is 0 Å². The van der Waals surface area contributed by atoms with Gasteiger partial charge in [-0.15, -0.1) is 0 Å². The highest BCUT2D eigenvalue weighted by atomic mass is 32.2. The smallest absolute Gasteiger partial charge is 0.214 e. The Morgan fingerprint density at radius 3 is 3.00 bits per heavy atom. The summed E-state index contributed by atoms with van der Waals surface area (Å²) in [6.07, 6.45) is 4.31. The van der Waals surface area contributed by atoms with Gasteiger partial charge in [0, 0.05) is 46.8 Å². The second-order valence-electron chi connectivity index (χ2n) is 3.70. The van der Waals surface area contributed by atoms with Gasteiger partial charge in [0.15, 0.2) is 0 Å². The van der Waals surface area contributed by atoms with Crippen LogP contribution in [-0.4, -0.2) is 34.4 Å². The van der Waals surface area contributed by atoms with Crippen molar-refractivity contribution in [3.05, 3.63) is 18.3 Å². The van der Waals surface area contributed by atoms with E-state index in [9.17, 15) is 4.21 Å². The first kappa shape index (κ1) is 13.0. The SMILES string of the molecule is COc1cc(NC(C)CCS(C)=O)ccn1. The molecule has 0 aliphatic rings. The number of rotatable bonds is 6. The molecule has 0 radical (unpaired) electrons. The van der Waals surface area contributed by atoms with E-state index in [2.05, 4.69) is 17.2 Å². The molecule has 4 nitrogen and oxygen atoms in total. The number of hydrogen-bond acceptors (Lipinski definition) is 4. The van der Waals surface area contributed by atoms with Gasteiger partial charge in [-0.2, -0.15) is 0 Å². The molecule has 16 heavy (non-hydrogen) atoms. The van der Waals surface area contributed by atoms with Crippen LogP contribution in [0.25, 0.3) is 0 Å². The van der Waals surface area contributed by atoms with Crippen LogP contribution >= 0.6 is 0 Å². The summed E-state index contributed by atoms with van der Waals surface area (Å²) in [5.41, 5.74) is 0.973. The van der Waals surface area contributed by atoms with Gasteiger partial charge in [0.2, 0.25) is 5.88 Å². The first-order valence-corrected chi connectivity index (χ1v) is 6.91. The Bertz CT molecular complexity index is 358. The number of hydrogen-bond donors (Lipinski definition) is 1. The molecule has 2 unspecified atom stereocenters. The van der Waals surface area contributed by atoms with Crippen molar-refractivity contribution in [2.75, 3.05) is 24.4 Å². The first-order valence-electron chi connectivity index (χ1n) is 5.18. The predicted molar refractivity (Wildman–Crippen MR) is 67.4 cm³/mol. The van der Waals surface area contributed by atoms with Crippen molar-refractivity contribution in [2.24, 2.45) is 0 Å². The third-order valence-electron chi connectivity index (χ3n) is 2.20. The monoisotopic (exact) mass is 242 g/mol. The fraction of sp³-hybridized carbons (Fsp3) is 0.545. The number of anilines is 1. The Morgan fingerprint density at radius 1 is 1.62 bits per heavy atom. The lowest BCUT2D eigenvalue weighted by atomic mass is 10.2. The molecule has 0 saturated heterocycles. The van der Waals surface area contributed by atoms with Gasteiger partial charge in [0.25, 0.3) is 0 Å². The zero-order valence-electron chi connectivity index (χ0n) is 9.90. The molecule has 1 aromatic rings. The van der Waals surface area contributed by atoms with Crippen molar-refractivity contribution in [3.8, 4) is 5.88 Å². The molecule has 5 heteroatoms. The standard InChI is InChI=1S/C11H18N2O2S/c1-9(5-7-16(3)14)13-10-4-6-12-11(8-10)15-2/h4,6,8-9H,5,7H2,1-3H3,(H,12,13). The molecule has 1 N–H and O–H groups in total. The summed E-state index contributed by atoms with van der Waals surface area (Å²) in [7, 11) is 0.866. The highest BCUT2D eigenvalue weighted by Gasteiger charge is 2.04. The third kappa shape index (κ3) is 4.61. The zero-order chi connectivity index (χ0) is 12.0. The second kappa shape index (κ2) is 6.48. The minimum Gasteiger partial charge on any atom is -0.481 e. The van der Waals surface area contributed by atoms with Gasteiger partial charge < -0.3 is 10.1 Å². The lowest BCUT2D eigenvalue weighted by molar-refractivity contribution is 0.398. The average Bonchev–Trinajstić information content (AvgIpc) is 2.26. The number of ether oxygens (including phenoxy) is 1. The Labute approximate surface area is 98.9 Å². The van der Waals surface area contributed by atoms with Crippen molar-refractivity contribution in [3.63, 3.8) is 0 Å². The van der Waals surface area contributed by atoms with Crippen LogP contribution < -0.4 is 10.1 Å². The molecule has 0 spiro atoms. The van der Waals surface area contributed by atoms with E-state index in [1.807, 2.05) is 12.1 Å². The van der Waals surface area contributed by atoms with Crippen LogP contribution in [0.2, 0.25) is 0 Å². The van der Waals surface area contributed by atoms with Crippen LogP contribution in [0.15, 0.2) is 18.3 Å². The second-order valence-corrected chi connectivity index (χ2v) is 5.25.